The van der Waals surface area contributed by atoms with Crippen LogP contribution in [0.1, 0.15) is 30.9 Å². The van der Waals surface area contributed by atoms with Gasteiger partial charge >= 0.3 is 0 Å². The van der Waals surface area contributed by atoms with Crippen LogP contribution < -0.4 is 9.47 Å². The summed E-state index contributed by atoms with van der Waals surface area (Å²) in [5.41, 5.74) is 2.09. The van der Waals surface area contributed by atoms with Crippen molar-refractivity contribution in [1.82, 2.24) is 0 Å². The number of nitriles is 1. The molecule has 1 aromatic carbocycles. The lowest BCUT2D eigenvalue weighted by atomic mass is 9.94. The molecule has 1 aliphatic rings. The molecule has 1 aliphatic heterocycles. The third-order valence-electron chi connectivity index (χ3n) is 2.76. The molecule has 0 aliphatic carbocycles. The summed E-state index contributed by atoms with van der Waals surface area (Å²) in [5, 5.41) is 8.91. The van der Waals surface area contributed by atoms with Crippen LogP contribution in [0, 0.1) is 11.3 Å². The molecule has 1 heterocycles. The summed E-state index contributed by atoms with van der Waals surface area (Å²) >= 11 is 3.51. The highest BCUT2D eigenvalue weighted by Crippen LogP contribution is 2.43. The van der Waals surface area contributed by atoms with Crippen molar-refractivity contribution in [1.29, 1.82) is 5.26 Å². The normalized spacial score (nSPS) is 13.6. The molecule has 4 heteroatoms. The monoisotopic (exact) mass is 295 g/mol. The van der Waals surface area contributed by atoms with Crippen LogP contribution in [0.5, 0.6) is 11.5 Å². The number of fused-ring (bicyclic) bond motifs is 1. The maximum absolute atomic E-state index is 8.91. The van der Waals surface area contributed by atoms with Gasteiger partial charge in [0.1, 0.15) is 13.2 Å². The molecule has 1 aromatic rings. The van der Waals surface area contributed by atoms with Crippen LogP contribution in [0.4, 0.5) is 0 Å². The quantitative estimate of drug-likeness (QED) is 0.840. The van der Waals surface area contributed by atoms with Crippen LogP contribution in [0.3, 0.4) is 0 Å². The highest BCUT2D eigenvalue weighted by atomic mass is 79.9. The average molecular weight is 296 g/mol. The molecule has 0 unspecified atom stereocenters. The summed E-state index contributed by atoms with van der Waals surface area (Å²) in [6, 6.07) is 4.10. The van der Waals surface area contributed by atoms with Crippen molar-refractivity contribution in [2.45, 2.75) is 26.2 Å². The molecule has 3 nitrogen and oxygen atoms in total. The molecule has 90 valence electrons. The Hall–Kier alpha value is -1.21. The third-order valence-corrected chi connectivity index (χ3v) is 3.47. The van der Waals surface area contributed by atoms with Crippen LogP contribution in [0.2, 0.25) is 0 Å². The van der Waals surface area contributed by atoms with E-state index in [2.05, 4.69) is 35.8 Å². The molecule has 0 bridgehead atoms. The summed E-state index contributed by atoms with van der Waals surface area (Å²) in [4.78, 5) is 0. The number of rotatable bonds is 2. The van der Waals surface area contributed by atoms with Gasteiger partial charge in [0.05, 0.1) is 12.5 Å². The second kappa shape index (κ2) is 4.97. The van der Waals surface area contributed by atoms with E-state index in [0.717, 1.165) is 27.1 Å². The highest BCUT2D eigenvalue weighted by molar-refractivity contribution is 9.10. The minimum absolute atomic E-state index is 0.297. The third kappa shape index (κ3) is 2.25. The average Bonchev–Trinajstić information content (AvgIpc) is 2.29. The van der Waals surface area contributed by atoms with Gasteiger partial charge in [-0.25, -0.2) is 0 Å². The Morgan fingerprint density at radius 3 is 2.76 bits per heavy atom. The van der Waals surface area contributed by atoms with Gasteiger partial charge in [-0.15, -0.1) is 0 Å². The smallest absolute Gasteiger partial charge is 0.165 e. The fraction of sp³-hybridized carbons (Fsp3) is 0.462. The Kier molecular flexibility index (Phi) is 3.58. The lowest BCUT2D eigenvalue weighted by molar-refractivity contribution is 0.169. The molecule has 0 fully saturated rings. The number of benzene rings is 1. The molecule has 0 amide bonds. The van der Waals surface area contributed by atoms with Gasteiger partial charge in [0, 0.05) is 10.0 Å². The molecule has 0 aromatic heterocycles. The highest BCUT2D eigenvalue weighted by Gasteiger charge is 2.23. The molecule has 0 radical (unpaired) electrons. The number of ether oxygens (including phenoxy) is 2. The van der Waals surface area contributed by atoms with Gasteiger partial charge in [0.25, 0.3) is 0 Å². The van der Waals surface area contributed by atoms with Crippen molar-refractivity contribution in [3.8, 4) is 17.6 Å². The maximum Gasteiger partial charge on any atom is 0.165 e. The van der Waals surface area contributed by atoms with Crippen LogP contribution in [-0.4, -0.2) is 13.2 Å². The zero-order valence-electron chi connectivity index (χ0n) is 9.92. The first-order valence-electron chi connectivity index (χ1n) is 5.63. The fourth-order valence-electron chi connectivity index (χ4n) is 2.09. The van der Waals surface area contributed by atoms with Crippen molar-refractivity contribution >= 4 is 15.9 Å². The SMILES string of the molecule is CC(C)c1c(CC#N)c(Br)cc2c1OCCO2. The van der Waals surface area contributed by atoms with E-state index in [1.807, 2.05) is 6.07 Å². The van der Waals surface area contributed by atoms with Gasteiger partial charge in [-0.3, -0.25) is 0 Å². The largest absolute Gasteiger partial charge is 0.486 e. The van der Waals surface area contributed by atoms with Gasteiger partial charge in [-0.1, -0.05) is 29.8 Å². The van der Waals surface area contributed by atoms with E-state index in [4.69, 9.17) is 14.7 Å². The van der Waals surface area contributed by atoms with Crippen LogP contribution in [-0.2, 0) is 6.42 Å². The topological polar surface area (TPSA) is 42.2 Å². The van der Waals surface area contributed by atoms with Crippen LogP contribution in [0.25, 0.3) is 0 Å². The van der Waals surface area contributed by atoms with E-state index in [9.17, 15) is 0 Å². The van der Waals surface area contributed by atoms with Crippen molar-refractivity contribution in [2.24, 2.45) is 0 Å². The molecule has 0 atom stereocenters. The lowest BCUT2D eigenvalue weighted by Crippen LogP contribution is -2.18. The predicted molar refractivity (Wildman–Crippen MR) is 68.5 cm³/mol. The van der Waals surface area contributed by atoms with Gasteiger partial charge in [-0.05, 0) is 17.5 Å². The number of nitrogens with zero attached hydrogens (tertiary/aromatic N) is 1. The van der Waals surface area contributed by atoms with Crippen LogP contribution >= 0.6 is 15.9 Å². The molecule has 0 spiro atoms. The molecule has 17 heavy (non-hydrogen) atoms. The molecule has 0 N–H and O–H groups in total. The van der Waals surface area contributed by atoms with Gasteiger partial charge in [-0.2, -0.15) is 5.26 Å². The molecule has 0 saturated carbocycles. The first-order valence-corrected chi connectivity index (χ1v) is 6.42. The van der Waals surface area contributed by atoms with Crippen molar-refractivity contribution in [3.63, 3.8) is 0 Å². The van der Waals surface area contributed by atoms with Gasteiger partial charge in [0.15, 0.2) is 11.5 Å². The van der Waals surface area contributed by atoms with Crippen molar-refractivity contribution in [2.75, 3.05) is 13.2 Å². The van der Waals surface area contributed by atoms with E-state index in [-0.39, 0.29) is 0 Å². The summed E-state index contributed by atoms with van der Waals surface area (Å²) in [6.07, 6.45) is 0.380. The number of halogens is 1. The van der Waals surface area contributed by atoms with E-state index in [0.29, 0.717) is 25.6 Å². The molecule has 0 saturated heterocycles. The summed E-state index contributed by atoms with van der Waals surface area (Å²) in [5.74, 6) is 1.87. The van der Waals surface area contributed by atoms with Crippen LogP contribution in [0.15, 0.2) is 10.5 Å². The fourth-order valence-corrected chi connectivity index (χ4v) is 2.65. The summed E-state index contributed by atoms with van der Waals surface area (Å²) < 4.78 is 12.2. The molecular formula is C13H14BrNO2. The Morgan fingerprint density at radius 1 is 1.41 bits per heavy atom. The second-order valence-electron chi connectivity index (χ2n) is 4.26. The minimum atomic E-state index is 0.297. The molecular weight excluding hydrogens is 282 g/mol. The first kappa shape index (κ1) is 12.3. The first-order chi connectivity index (χ1) is 8.15. The summed E-state index contributed by atoms with van der Waals surface area (Å²) in [6.45, 7) is 5.34. The van der Waals surface area contributed by atoms with E-state index in [1.54, 1.807) is 0 Å². The predicted octanol–water partition coefficient (Wildman–Crippen LogP) is 3.41. The molecule has 2 rings (SSSR count). The Labute approximate surface area is 109 Å². The van der Waals surface area contributed by atoms with E-state index in [1.165, 1.54) is 0 Å². The van der Waals surface area contributed by atoms with E-state index >= 15 is 0 Å². The zero-order chi connectivity index (χ0) is 12.4. The number of hydrogen-bond donors (Lipinski definition) is 0. The Morgan fingerprint density at radius 2 is 2.12 bits per heavy atom. The van der Waals surface area contributed by atoms with Crippen molar-refractivity contribution < 1.29 is 9.47 Å². The van der Waals surface area contributed by atoms with E-state index < -0.39 is 0 Å². The minimum Gasteiger partial charge on any atom is -0.486 e. The standard InChI is InChI=1S/C13H14BrNO2/c1-8(2)12-9(3-4-15)10(14)7-11-13(12)17-6-5-16-11/h7-8H,3,5-6H2,1-2H3. The number of hydrogen-bond acceptors (Lipinski definition) is 3. The zero-order valence-corrected chi connectivity index (χ0v) is 11.5. The van der Waals surface area contributed by atoms with Gasteiger partial charge in [0.2, 0.25) is 0 Å². The Balaban J connectivity index is 2.63. The maximum atomic E-state index is 8.91. The lowest BCUT2D eigenvalue weighted by Gasteiger charge is -2.25. The summed E-state index contributed by atoms with van der Waals surface area (Å²) in [7, 11) is 0. The second-order valence-corrected chi connectivity index (χ2v) is 5.12. The van der Waals surface area contributed by atoms with Gasteiger partial charge < -0.3 is 9.47 Å². The Bertz CT molecular complexity index is 477. The van der Waals surface area contributed by atoms with Crippen molar-refractivity contribution in [3.05, 3.63) is 21.7 Å².